The molecule has 3 rings (SSSR count). The van der Waals surface area contributed by atoms with E-state index in [4.69, 9.17) is 0 Å². The molecule has 0 saturated heterocycles. The topological polar surface area (TPSA) is 79.1 Å². The van der Waals surface area contributed by atoms with Gasteiger partial charge in [0.05, 0.1) is 6.10 Å². The first-order valence-electron chi connectivity index (χ1n) is 9.08. The van der Waals surface area contributed by atoms with Crippen LogP contribution < -0.4 is 0 Å². The lowest BCUT2D eigenvalue weighted by atomic mass is 10.1. The zero-order valence-corrected chi connectivity index (χ0v) is 15.3. The number of aromatic nitrogens is 3. The van der Waals surface area contributed by atoms with Crippen LogP contribution in [0.1, 0.15) is 31.7 Å². The molecule has 5 nitrogen and oxygen atoms in total. The van der Waals surface area contributed by atoms with Crippen LogP contribution in [-0.4, -0.2) is 31.3 Å². The summed E-state index contributed by atoms with van der Waals surface area (Å²) >= 11 is 0. The van der Waals surface area contributed by atoms with Gasteiger partial charge >= 0.3 is 0 Å². The standard InChI is InChI=1S/C22H23N3O2/c1-2-19(26)6-4-3-5-16-11-12-23-21(13-16)22-24-14-18(15-25-22)17-7-9-20(27)10-8-17/h3,5,7-15,19,26-27H,2,4,6H2,1H3. The molecule has 2 N–H and O–H groups in total. The molecule has 0 bridgehead atoms. The summed E-state index contributed by atoms with van der Waals surface area (Å²) < 4.78 is 0. The molecule has 27 heavy (non-hydrogen) atoms. The fourth-order valence-corrected chi connectivity index (χ4v) is 2.65. The number of pyridine rings is 1. The minimum Gasteiger partial charge on any atom is -0.508 e. The second-order valence-electron chi connectivity index (χ2n) is 6.36. The Kier molecular flexibility index (Phi) is 6.28. The molecule has 0 aliphatic heterocycles. The van der Waals surface area contributed by atoms with Crippen molar-refractivity contribution in [2.45, 2.75) is 32.3 Å². The number of phenolic OH excluding ortho intramolecular Hbond substituents is 1. The molecule has 1 atom stereocenters. The highest BCUT2D eigenvalue weighted by Crippen LogP contribution is 2.22. The van der Waals surface area contributed by atoms with Crippen molar-refractivity contribution >= 4 is 6.08 Å². The molecule has 5 heteroatoms. The minimum atomic E-state index is -0.233. The van der Waals surface area contributed by atoms with Gasteiger partial charge in [-0.25, -0.2) is 9.97 Å². The van der Waals surface area contributed by atoms with Gasteiger partial charge in [0.25, 0.3) is 0 Å². The Hall–Kier alpha value is -3.05. The first-order valence-corrected chi connectivity index (χ1v) is 9.08. The van der Waals surface area contributed by atoms with E-state index < -0.39 is 0 Å². The number of aliphatic hydroxyl groups excluding tert-OH is 1. The third-order valence-electron chi connectivity index (χ3n) is 4.31. The van der Waals surface area contributed by atoms with Crippen LogP contribution in [0.5, 0.6) is 5.75 Å². The van der Waals surface area contributed by atoms with E-state index in [0.717, 1.165) is 36.0 Å². The van der Waals surface area contributed by atoms with E-state index >= 15 is 0 Å². The first kappa shape index (κ1) is 18.7. The predicted octanol–water partition coefficient (Wildman–Crippen LogP) is 4.48. The van der Waals surface area contributed by atoms with Crippen molar-refractivity contribution < 1.29 is 10.2 Å². The molecule has 1 unspecified atom stereocenters. The summed E-state index contributed by atoms with van der Waals surface area (Å²) in [7, 11) is 0. The highest BCUT2D eigenvalue weighted by molar-refractivity contribution is 5.64. The van der Waals surface area contributed by atoms with Crippen LogP contribution in [0, 0.1) is 0 Å². The summed E-state index contributed by atoms with van der Waals surface area (Å²) in [5.74, 6) is 0.795. The van der Waals surface area contributed by atoms with Gasteiger partial charge in [-0.1, -0.05) is 31.2 Å². The van der Waals surface area contributed by atoms with Gasteiger partial charge in [-0.15, -0.1) is 0 Å². The summed E-state index contributed by atoms with van der Waals surface area (Å²) in [6.07, 6.45) is 11.5. The zero-order chi connectivity index (χ0) is 19.1. The van der Waals surface area contributed by atoms with Crippen LogP contribution in [0.2, 0.25) is 0 Å². The summed E-state index contributed by atoms with van der Waals surface area (Å²) in [5, 5.41) is 19.0. The van der Waals surface area contributed by atoms with E-state index in [-0.39, 0.29) is 11.9 Å². The monoisotopic (exact) mass is 361 g/mol. The fraction of sp³-hybridized carbons (Fsp3) is 0.227. The van der Waals surface area contributed by atoms with Crippen LogP contribution >= 0.6 is 0 Å². The van der Waals surface area contributed by atoms with Crippen LogP contribution in [-0.2, 0) is 0 Å². The molecular formula is C22H23N3O2. The van der Waals surface area contributed by atoms with Crippen LogP contribution in [0.25, 0.3) is 28.7 Å². The van der Waals surface area contributed by atoms with Gasteiger partial charge in [0.1, 0.15) is 11.4 Å². The van der Waals surface area contributed by atoms with Crippen LogP contribution in [0.3, 0.4) is 0 Å². The molecule has 0 amide bonds. The summed E-state index contributed by atoms with van der Waals surface area (Å²) in [5.41, 5.74) is 3.56. The Labute approximate surface area is 159 Å². The number of rotatable bonds is 7. The van der Waals surface area contributed by atoms with Gasteiger partial charge < -0.3 is 10.2 Å². The normalized spacial score (nSPS) is 12.4. The molecule has 1 aromatic carbocycles. The molecule has 2 aromatic heterocycles. The third kappa shape index (κ3) is 5.21. The van der Waals surface area contributed by atoms with Crippen molar-refractivity contribution in [1.82, 2.24) is 15.0 Å². The molecule has 0 radical (unpaired) electrons. The van der Waals surface area contributed by atoms with E-state index in [0.29, 0.717) is 11.5 Å². The quantitative estimate of drug-likeness (QED) is 0.649. The Morgan fingerprint density at radius 1 is 1.00 bits per heavy atom. The van der Waals surface area contributed by atoms with Gasteiger partial charge in [0.2, 0.25) is 0 Å². The minimum absolute atomic E-state index is 0.231. The first-order chi connectivity index (χ1) is 13.2. The average Bonchev–Trinajstić information content (AvgIpc) is 2.72. The summed E-state index contributed by atoms with van der Waals surface area (Å²) in [4.78, 5) is 13.2. The molecule has 0 saturated carbocycles. The van der Waals surface area contributed by atoms with Gasteiger partial charge in [-0.3, -0.25) is 4.98 Å². The van der Waals surface area contributed by atoms with E-state index in [1.807, 2.05) is 37.3 Å². The van der Waals surface area contributed by atoms with Crippen LogP contribution in [0.4, 0.5) is 0 Å². The lowest BCUT2D eigenvalue weighted by Gasteiger charge is -2.04. The second kappa shape index (κ2) is 9.05. The van der Waals surface area contributed by atoms with Crippen molar-refractivity contribution in [2.75, 3.05) is 0 Å². The molecule has 0 aliphatic rings. The van der Waals surface area contributed by atoms with Gasteiger partial charge in [-0.05, 0) is 54.7 Å². The number of allylic oxidation sites excluding steroid dienone is 1. The number of hydrogen-bond acceptors (Lipinski definition) is 5. The number of phenols is 1. The number of aliphatic hydroxyl groups is 1. The lowest BCUT2D eigenvalue weighted by molar-refractivity contribution is 0.161. The molecule has 3 aromatic rings. The van der Waals surface area contributed by atoms with Gasteiger partial charge in [0.15, 0.2) is 5.82 Å². The number of nitrogens with zero attached hydrogens (tertiary/aromatic N) is 3. The summed E-state index contributed by atoms with van der Waals surface area (Å²) in [6, 6.07) is 10.8. The highest BCUT2D eigenvalue weighted by Gasteiger charge is 2.05. The van der Waals surface area contributed by atoms with E-state index in [2.05, 4.69) is 21.0 Å². The molecule has 0 fully saturated rings. The maximum absolute atomic E-state index is 9.59. The predicted molar refractivity (Wildman–Crippen MR) is 107 cm³/mol. The molecule has 0 spiro atoms. The Morgan fingerprint density at radius 2 is 1.74 bits per heavy atom. The Morgan fingerprint density at radius 3 is 2.44 bits per heavy atom. The van der Waals surface area contributed by atoms with Crippen molar-refractivity contribution in [3.8, 4) is 28.4 Å². The molecule has 138 valence electrons. The maximum Gasteiger partial charge on any atom is 0.178 e. The van der Waals surface area contributed by atoms with Gasteiger partial charge in [0, 0.05) is 24.2 Å². The largest absolute Gasteiger partial charge is 0.508 e. The SMILES string of the molecule is CCC(O)CCC=Cc1ccnc(-c2ncc(-c3ccc(O)cc3)cn2)c1. The average molecular weight is 361 g/mol. The second-order valence-corrected chi connectivity index (χ2v) is 6.36. The van der Waals surface area contributed by atoms with Crippen molar-refractivity contribution in [3.05, 3.63) is 66.6 Å². The zero-order valence-electron chi connectivity index (χ0n) is 15.3. The van der Waals surface area contributed by atoms with E-state index in [1.165, 1.54) is 0 Å². The van der Waals surface area contributed by atoms with Crippen molar-refractivity contribution in [1.29, 1.82) is 0 Å². The number of benzene rings is 1. The van der Waals surface area contributed by atoms with E-state index in [9.17, 15) is 10.2 Å². The summed E-state index contributed by atoms with van der Waals surface area (Å²) in [6.45, 7) is 1.98. The highest BCUT2D eigenvalue weighted by atomic mass is 16.3. The Balaban J connectivity index is 1.71. The number of aromatic hydroxyl groups is 1. The van der Waals surface area contributed by atoms with Crippen molar-refractivity contribution in [2.24, 2.45) is 0 Å². The maximum atomic E-state index is 9.59. The third-order valence-corrected chi connectivity index (χ3v) is 4.31. The number of hydrogen-bond donors (Lipinski definition) is 2. The fourth-order valence-electron chi connectivity index (χ4n) is 2.65. The van der Waals surface area contributed by atoms with Crippen molar-refractivity contribution in [3.63, 3.8) is 0 Å². The molecular weight excluding hydrogens is 338 g/mol. The van der Waals surface area contributed by atoms with E-state index in [1.54, 1.807) is 30.7 Å². The molecule has 0 aliphatic carbocycles. The molecule has 2 heterocycles. The van der Waals surface area contributed by atoms with Gasteiger partial charge in [-0.2, -0.15) is 0 Å². The smallest absolute Gasteiger partial charge is 0.178 e. The Bertz CT molecular complexity index is 890. The lowest BCUT2D eigenvalue weighted by Crippen LogP contribution is -2.02. The van der Waals surface area contributed by atoms with Crippen LogP contribution in [0.15, 0.2) is 61.1 Å².